The molecular weight excluding hydrogens is 336 g/mol. The van der Waals surface area contributed by atoms with Crippen molar-refractivity contribution in [2.45, 2.75) is 26.3 Å². The molecule has 0 aliphatic heterocycles. The van der Waals surface area contributed by atoms with E-state index in [0.29, 0.717) is 0 Å². The highest BCUT2D eigenvalue weighted by atomic mass is 79.9. The van der Waals surface area contributed by atoms with E-state index in [1.54, 1.807) is 18.4 Å². The predicted molar refractivity (Wildman–Crippen MR) is 87.7 cm³/mol. The number of hydrogen-bond donors (Lipinski definition) is 1. The number of rotatable bonds is 6. The maximum absolute atomic E-state index is 5.33. The fourth-order valence-corrected chi connectivity index (χ4v) is 3.47. The summed E-state index contributed by atoms with van der Waals surface area (Å²) in [6, 6.07) is 6.31. The summed E-state index contributed by atoms with van der Waals surface area (Å²) in [6.07, 6.45) is 0.887. The molecule has 0 radical (unpaired) electrons. The lowest BCUT2D eigenvalue weighted by molar-refractivity contribution is 0.412. The second-order valence-corrected chi connectivity index (χ2v) is 6.38. The first-order valence-electron chi connectivity index (χ1n) is 6.61. The maximum atomic E-state index is 5.33. The number of methoxy groups -OCH3 is 1. The molecule has 0 bridgehead atoms. The number of aromatic nitrogens is 1. The number of nitrogens with one attached hydrogen (secondary N) is 1. The van der Waals surface area contributed by atoms with Crippen molar-refractivity contribution >= 4 is 27.3 Å². The van der Waals surface area contributed by atoms with Crippen molar-refractivity contribution in [2.24, 2.45) is 0 Å². The third-order valence-corrected chi connectivity index (χ3v) is 4.79. The van der Waals surface area contributed by atoms with Crippen LogP contribution in [0.4, 0.5) is 0 Å². The smallest absolute Gasteiger partial charge is 0.119 e. The molecule has 3 nitrogen and oxygen atoms in total. The van der Waals surface area contributed by atoms with Crippen molar-refractivity contribution in [2.75, 3.05) is 13.7 Å². The summed E-state index contributed by atoms with van der Waals surface area (Å²) >= 11 is 5.35. The van der Waals surface area contributed by atoms with Crippen LogP contribution in [0.5, 0.6) is 5.75 Å². The molecule has 0 saturated carbocycles. The molecule has 20 heavy (non-hydrogen) atoms. The fraction of sp³-hybridized carbons (Fsp3) is 0.400. The lowest BCUT2D eigenvalue weighted by Crippen LogP contribution is -2.23. The Morgan fingerprint density at radius 3 is 2.85 bits per heavy atom. The maximum Gasteiger partial charge on any atom is 0.119 e. The van der Waals surface area contributed by atoms with Crippen molar-refractivity contribution in [1.29, 1.82) is 0 Å². The van der Waals surface area contributed by atoms with E-state index in [0.717, 1.165) is 33.9 Å². The second kappa shape index (κ2) is 7.20. The molecule has 1 unspecified atom stereocenters. The molecule has 1 heterocycles. The molecule has 5 heteroatoms. The Hall–Kier alpha value is -0.910. The lowest BCUT2D eigenvalue weighted by Gasteiger charge is -2.19. The Morgan fingerprint density at radius 2 is 2.25 bits per heavy atom. The summed E-state index contributed by atoms with van der Waals surface area (Å²) in [6.45, 7) is 5.07. The number of aryl methyl sites for hydroxylation is 1. The van der Waals surface area contributed by atoms with E-state index in [2.05, 4.69) is 44.6 Å². The van der Waals surface area contributed by atoms with Crippen LogP contribution in [-0.4, -0.2) is 18.6 Å². The second-order valence-electron chi connectivity index (χ2n) is 4.58. The van der Waals surface area contributed by atoms with Crippen molar-refractivity contribution in [1.82, 2.24) is 10.3 Å². The van der Waals surface area contributed by atoms with Crippen LogP contribution in [0.1, 0.15) is 29.2 Å². The average Bonchev–Trinajstić information content (AvgIpc) is 2.84. The highest BCUT2D eigenvalue weighted by Gasteiger charge is 2.16. The van der Waals surface area contributed by atoms with Gasteiger partial charge in [0, 0.05) is 28.0 Å². The summed E-state index contributed by atoms with van der Waals surface area (Å²) < 4.78 is 6.43. The Balaban J connectivity index is 2.27. The van der Waals surface area contributed by atoms with Gasteiger partial charge in [-0.3, -0.25) is 0 Å². The largest absolute Gasteiger partial charge is 0.497 e. The molecule has 0 aliphatic rings. The van der Waals surface area contributed by atoms with Crippen LogP contribution in [0.3, 0.4) is 0 Å². The third kappa shape index (κ3) is 3.81. The van der Waals surface area contributed by atoms with Crippen LogP contribution in [0.15, 0.2) is 28.1 Å². The zero-order valence-electron chi connectivity index (χ0n) is 11.9. The van der Waals surface area contributed by atoms with Gasteiger partial charge in [-0.1, -0.05) is 22.9 Å². The zero-order chi connectivity index (χ0) is 14.5. The molecule has 108 valence electrons. The first-order chi connectivity index (χ1) is 9.63. The lowest BCUT2D eigenvalue weighted by atomic mass is 10.0. The topological polar surface area (TPSA) is 34.2 Å². The van der Waals surface area contributed by atoms with Gasteiger partial charge in [0.2, 0.25) is 0 Å². The monoisotopic (exact) mass is 354 g/mol. The Labute approximate surface area is 132 Å². The molecule has 0 fully saturated rings. The van der Waals surface area contributed by atoms with E-state index in [1.807, 2.05) is 19.1 Å². The summed E-state index contributed by atoms with van der Waals surface area (Å²) in [5.41, 5.74) is 2.30. The minimum absolute atomic E-state index is 0.232. The van der Waals surface area contributed by atoms with Crippen molar-refractivity contribution in [3.05, 3.63) is 44.3 Å². The molecule has 2 rings (SSSR count). The molecular formula is C15H19BrN2OS. The number of likely N-dealkylation sites (N-methyl/N-ethyl adjacent to an activating group) is 1. The Kier molecular flexibility index (Phi) is 5.57. The van der Waals surface area contributed by atoms with E-state index in [-0.39, 0.29) is 6.04 Å². The summed E-state index contributed by atoms with van der Waals surface area (Å²) in [5, 5.41) is 6.78. The highest BCUT2D eigenvalue weighted by molar-refractivity contribution is 9.10. The molecule has 2 aromatic rings. The van der Waals surface area contributed by atoms with Crippen LogP contribution >= 0.6 is 27.3 Å². The molecule has 1 aromatic carbocycles. The van der Waals surface area contributed by atoms with Crippen LogP contribution in [-0.2, 0) is 6.42 Å². The van der Waals surface area contributed by atoms with Gasteiger partial charge in [0.05, 0.1) is 12.1 Å². The quantitative estimate of drug-likeness (QED) is 0.847. The fourth-order valence-electron chi connectivity index (χ4n) is 2.13. The number of benzene rings is 1. The van der Waals surface area contributed by atoms with Crippen LogP contribution in [0.2, 0.25) is 0 Å². The minimum atomic E-state index is 0.232. The summed E-state index contributed by atoms with van der Waals surface area (Å²) in [4.78, 5) is 4.56. The van der Waals surface area contributed by atoms with Gasteiger partial charge in [-0.2, -0.15) is 0 Å². The van der Waals surface area contributed by atoms with E-state index in [4.69, 9.17) is 4.74 Å². The zero-order valence-corrected chi connectivity index (χ0v) is 14.3. The van der Waals surface area contributed by atoms with Gasteiger partial charge in [0.25, 0.3) is 0 Å². The van der Waals surface area contributed by atoms with Gasteiger partial charge in [-0.05, 0) is 37.2 Å². The predicted octanol–water partition coefficient (Wildman–Crippen LogP) is 4.12. The van der Waals surface area contributed by atoms with Crippen molar-refractivity contribution in [3.8, 4) is 5.75 Å². The van der Waals surface area contributed by atoms with Crippen LogP contribution < -0.4 is 10.1 Å². The van der Waals surface area contributed by atoms with Crippen LogP contribution in [0.25, 0.3) is 0 Å². The van der Waals surface area contributed by atoms with Gasteiger partial charge in [-0.25, -0.2) is 4.98 Å². The first kappa shape index (κ1) is 15.5. The number of nitrogens with zero attached hydrogens (tertiary/aromatic N) is 1. The molecule has 1 N–H and O–H groups in total. The number of ether oxygens (including phenoxy) is 1. The van der Waals surface area contributed by atoms with Crippen LogP contribution in [0, 0.1) is 6.92 Å². The van der Waals surface area contributed by atoms with Gasteiger partial charge >= 0.3 is 0 Å². The van der Waals surface area contributed by atoms with Gasteiger partial charge in [-0.15, -0.1) is 11.3 Å². The van der Waals surface area contributed by atoms with Crippen molar-refractivity contribution < 1.29 is 4.74 Å². The first-order valence-corrected chi connectivity index (χ1v) is 8.29. The molecule has 0 saturated heterocycles. The number of hydrogen-bond acceptors (Lipinski definition) is 4. The standard InChI is InChI=1S/C15H19BrN2OS/c1-4-17-14(8-15-18-10(2)9-20-15)12-7-11(19-3)5-6-13(12)16/h5-7,9,14,17H,4,8H2,1-3H3. The van der Waals surface area contributed by atoms with E-state index < -0.39 is 0 Å². The van der Waals surface area contributed by atoms with E-state index in [1.165, 1.54) is 5.56 Å². The normalized spacial score (nSPS) is 12.4. The Bertz CT molecular complexity index is 571. The van der Waals surface area contributed by atoms with Gasteiger partial charge < -0.3 is 10.1 Å². The Morgan fingerprint density at radius 1 is 1.45 bits per heavy atom. The van der Waals surface area contributed by atoms with Crippen molar-refractivity contribution in [3.63, 3.8) is 0 Å². The van der Waals surface area contributed by atoms with E-state index in [9.17, 15) is 0 Å². The SMILES string of the molecule is CCNC(Cc1nc(C)cs1)c1cc(OC)ccc1Br. The summed E-state index contributed by atoms with van der Waals surface area (Å²) in [5.74, 6) is 0.876. The summed E-state index contributed by atoms with van der Waals surface area (Å²) in [7, 11) is 1.69. The highest BCUT2D eigenvalue weighted by Crippen LogP contribution is 2.30. The molecule has 1 atom stereocenters. The van der Waals surface area contributed by atoms with Gasteiger partial charge in [0.1, 0.15) is 5.75 Å². The number of halogens is 1. The molecule has 1 aromatic heterocycles. The number of thiazole rings is 1. The van der Waals surface area contributed by atoms with E-state index >= 15 is 0 Å². The third-order valence-electron chi connectivity index (χ3n) is 3.07. The van der Waals surface area contributed by atoms with Gasteiger partial charge in [0.15, 0.2) is 0 Å². The average molecular weight is 355 g/mol. The molecule has 0 aliphatic carbocycles. The molecule has 0 spiro atoms. The minimum Gasteiger partial charge on any atom is -0.497 e. The molecule has 0 amide bonds.